The van der Waals surface area contributed by atoms with E-state index in [0.717, 1.165) is 0 Å². The topological polar surface area (TPSA) is 120 Å². The Labute approximate surface area is 114 Å². The second-order valence-corrected chi connectivity index (χ2v) is 4.91. The van der Waals surface area contributed by atoms with Crippen LogP contribution in [0.5, 0.6) is 0 Å². The predicted octanol–water partition coefficient (Wildman–Crippen LogP) is -0.303. The average molecular weight is 298 g/mol. The minimum Gasteiger partial charge on any atom is -0.726 e. The highest BCUT2D eigenvalue weighted by Gasteiger charge is 2.17. The van der Waals surface area contributed by atoms with E-state index in [0.29, 0.717) is 10.9 Å². The molecule has 2 aromatic rings. The third-order valence-electron chi connectivity index (χ3n) is 2.49. The van der Waals surface area contributed by atoms with Gasteiger partial charge in [-0.15, -0.1) is 0 Å². The molecule has 2 rings (SSSR count). The summed E-state index contributed by atoms with van der Waals surface area (Å²) in [6.45, 7) is -0.479. The maximum atomic E-state index is 11.2. The normalized spacial score (nSPS) is 11.7. The molecule has 0 fully saturated rings. The van der Waals surface area contributed by atoms with Gasteiger partial charge in [0.05, 0.1) is 0 Å². The van der Waals surface area contributed by atoms with E-state index in [1.54, 1.807) is 24.3 Å². The zero-order chi connectivity index (χ0) is 14.8. The number of fused-ring (bicyclic) bond motifs is 1. The molecule has 1 aromatic carbocycles. The fourth-order valence-electron chi connectivity index (χ4n) is 1.69. The molecule has 0 aliphatic heterocycles. The Morgan fingerprint density at radius 3 is 2.75 bits per heavy atom. The molecule has 8 nitrogen and oxygen atoms in total. The molecule has 0 aliphatic rings. The quantitative estimate of drug-likeness (QED) is 0.457. The molecular formula is C11H10N2O6S. The van der Waals surface area contributed by atoms with Gasteiger partial charge in [0, 0.05) is 10.5 Å². The van der Waals surface area contributed by atoms with E-state index in [2.05, 4.69) is 9.28 Å². The van der Waals surface area contributed by atoms with Crippen LogP contribution in [0, 0.1) is 0 Å². The lowest BCUT2D eigenvalue weighted by atomic mass is 10.1. The maximum absolute atomic E-state index is 11.2. The lowest BCUT2D eigenvalue weighted by Crippen LogP contribution is -2.41. The van der Waals surface area contributed by atoms with Crippen molar-refractivity contribution in [2.45, 2.75) is 6.54 Å². The van der Waals surface area contributed by atoms with Crippen LogP contribution in [-0.4, -0.2) is 35.8 Å². The fourth-order valence-corrected chi connectivity index (χ4v) is 1.97. The molecule has 0 spiro atoms. The summed E-state index contributed by atoms with van der Waals surface area (Å²) in [5.74, 6) is -1.13. The highest BCUT2D eigenvalue weighted by molar-refractivity contribution is 7.80. The first-order valence-corrected chi connectivity index (χ1v) is 6.83. The first kappa shape index (κ1) is 14.3. The van der Waals surface area contributed by atoms with Gasteiger partial charge in [0.1, 0.15) is 17.7 Å². The fraction of sp³-hybridized carbons (Fsp3) is 0.182. The number of aromatic nitrogens is 2. The molecule has 0 radical (unpaired) electrons. The molecule has 106 valence electrons. The molecule has 1 heterocycles. The van der Waals surface area contributed by atoms with Crippen LogP contribution in [0.25, 0.3) is 10.9 Å². The van der Waals surface area contributed by atoms with Crippen molar-refractivity contribution in [1.82, 2.24) is 5.10 Å². The SMILES string of the molecule is O=C(O)c1c[n+](CCOS(=O)(=O)[O-])nc2ccccc12. The lowest BCUT2D eigenvalue weighted by Gasteiger charge is -2.05. The van der Waals surface area contributed by atoms with E-state index in [9.17, 15) is 17.8 Å². The van der Waals surface area contributed by atoms with Gasteiger partial charge in [0.25, 0.3) is 0 Å². The van der Waals surface area contributed by atoms with Gasteiger partial charge < -0.3 is 9.66 Å². The van der Waals surface area contributed by atoms with Crippen LogP contribution in [0.4, 0.5) is 0 Å². The van der Waals surface area contributed by atoms with Crippen LogP contribution in [0.2, 0.25) is 0 Å². The number of rotatable bonds is 5. The molecule has 0 saturated carbocycles. The molecule has 0 atom stereocenters. The highest BCUT2D eigenvalue weighted by Crippen LogP contribution is 2.14. The monoisotopic (exact) mass is 298 g/mol. The van der Waals surface area contributed by atoms with Crippen LogP contribution in [0.15, 0.2) is 30.5 Å². The van der Waals surface area contributed by atoms with Gasteiger partial charge in [-0.25, -0.2) is 13.2 Å². The van der Waals surface area contributed by atoms with Gasteiger partial charge in [-0.2, -0.15) is 0 Å². The van der Waals surface area contributed by atoms with Crippen LogP contribution >= 0.6 is 0 Å². The van der Waals surface area contributed by atoms with E-state index in [1.807, 2.05) is 0 Å². The first-order chi connectivity index (χ1) is 9.37. The number of carbonyl (C=O) groups is 1. The molecule has 20 heavy (non-hydrogen) atoms. The van der Waals surface area contributed by atoms with E-state index in [-0.39, 0.29) is 12.1 Å². The van der Waals surface area contributed by atoms with Gasteiger partial charge in [-0.05, 0) is 6.07 Å². The molecular weight excluding hydrogens is 288 g/mol. The lowest BCUT2D eigenvalue weighted by molar-refractivity contribution is -0.752. The van der Waals surface area contributed by atoms with Gasteiger partial charge in [-0.3, -0.25) is 4.18 Å². The van der Waals surface area contributed by atoms with Crippen molar-refractivity contribution in [1.29, 1.82) is 0 Å². The Bertz CT molecular complexity index is 759. The molecule has 0 amide bonds. The zero-order valence-electron chi connectivity index (χ0n) is 10.1. The zero-order valence-corrected chi connectivity index (χ0v) is 10.9. The largest absolute Gasteiger partial charge is 0.726 e. The summed E-state index contributed by atoms with van der Waals surface area (Å²) < 4.78 is 36.2. The third kappa shape index (κ3) is 3.47. The minimum absolute atomic E-state index is 0.0283. The van der Waals surface area contributed by atoms with Gasteiger partial charge in [-0.1, -0.05) is 22.9 Å². The van der Waals surface area contributed by atoms with E-state index < -0.39 is 23.0 Å². The van der Waals surface area contributed by atoms with Crippen LogP contribution in [0.3, 0.4) is 0 Å². The van der Waals surface area contributed by atoms with Crippen molar-refractivity contribution >= 4 is 27.3 Å². The van der Waals surface area contributed by atoms with E-state index in [1.165, 1.54) is 10.9 Å². The van der Waals surface area contributed by atoms with Gasteiger partial charge in [0.15, 0.2) is 6.54 Å². The Kier molecular flexibility index (Phi) is 3.93. The van der Waals surface area contributed by atoms with Crippen molar-refractivity contribution in [3.8, 4) is 0 Å². The number of benzene rings is 1. The number of nitrogens with zero attached hydrogens (tertiary/aromatic N) is 2. The second kappa shape index (κ2) is 5.49. The van der Waals surface area contributed by atoms with Crippen molar-refractivity contribution in [2.24, 2.45) is 0 Å². The van der Waals surface area contributed by atoms with Crippen molar-refractivity contribution in [3.05, 3.63) is 36.0 Å². The summed E-state index contributed by atoms with van der Waals surface area (Å²) in [5, 5.41) is 13.7. The average Bonchev–Trinajstić information content (AvgIpc) is 2.36. The Balaban J connectivity index is 2.33. The summed E-state index contributed by atoms with van der Waals surface area (Å²) in [6, 6.07) is 6.63. The molecule has 0 bridgehead atoms. The molecule has 9 heteroatoms. The number of carboxylic acid groups (broad SMARTS) is 1. The van der Waals surface area contributed by atoms with Crippen LogP contribution in [0.1, 0.15) is 10.4 Å². The molecule has 0 aliphatic carbocycles. The maximum Gasteiger partial charge on any atom is 0.342 e. The molecule has 0 unspecified atom stereocenters. The number of hydrogen-bond acceptors (Lipinski definition) is 6. The number of aromatic carboxylic acids is 1. The Morgan fingerprint density at radius 2 is 2.10 bits per heavy atom. The molecule has 0 saturated heterocycles. The number of hydrogen-bond donors (Lipinski definition) is 1. The van der Waals surface area contributed by atoms with Crippen molar-refractivity contribution < 1.29 is 31.7 Å². The minimum atomic E-state index is -4.77. The van der Waals surface area contributed by atoms with Crippen LogP contribution in [-0.2, 0) is 21.1 Å². The van der Waals surface area contributed by atoms with Gasteiger partial charge >= 0.3 is 5.97 Å². The highest BCUT2D eigenvalue weighted by atomic mass is 32.3. The number of carboxylic acids is 1. The van der Waals surface area contributed by atoms with Crippen molar-refractivity contribution in [2.75, 3.05) is 6.61 Å². The van der Waals surface area contributed by atoms with E-state index >= 15 is 0 Å². The summed E-state index contributed by atoms with van der Waals surface area (Å²) in [6.07, 6.45) is 1.26. The molecule has 1 N–H and O–H groups in total. The standard InChI is InChI=1S/C11H10N2O6S/c14-11(15)9-7-13(5-6-19-20(16,17)18)12-10-4-2-1-3-8(9)10/h1-4,7H,5-6H2,(H-,14,15,16,17,18). The summed E-state index contributed by atoms with van der Waals surface area (Å²) in [5.41, 5.74) is 0.470. The first-order valence-electron chi connectivity index (χ1n) is 5.50. The Morgan fingerprint density at radius 1 is 1.40 bits per heavy atom. The summed E-state index contributed by atoms with van der Waals surface area (Å²) in [4.78, 5) is 11.2. The van der Waals surface area contributed by atoms with Crippen LogP contribution < -0.4 is 4.68 Å². The smallest absolute Gasteiger partial charge is 0.342 e. The van der Waals surface area contributed by atoms with Gasteiger partial charge in [0.2, 0.25) is 16.6 Å². The summed E-state index contributed by atoms with van der Waals surface area (Å²) >= 11 is 0. The Hall–Kier alpha value is -2.10. The van der Waals surface area contributed by atoms with E-state index in [4.69, 9.17) is 5.11 Å². The molecule has 1 aromatic heterocycles. The third-order valence-corrected chi connectivity index (χ3v) is 2.94. The van der Waals surface area contributed by atoms with Crippen molar-refractivity contribution in [3.63, 3.8) is 0 Å². The predicted molar refractivity (Wildman–Crippen MR) is 64.5 cm³/mol. The second-order valence-electron chi connectivity index (χ2n) is 3.86. The summed E-state index contributed by atoms with van der Waals surface area (Å²) in [7, 11) is -4.77.